The highest BCUT2D eigenvalue weighted by molar-refractivity contribution is 5.95. The van der Waals surface area contributed by atoms with Crippen molar-refractivity contribution in [3.63, 3.8) is 0 Å². The second-order valence-electron chi connectivity index (χ2n) is 4.17. The summed E-state index contributed by atoms with van der Waals surface area (Å²) in [4.78, 5) is 15.9. The molecule has 1 aromatic carbocycles. The van der Waals surface area contributed by atoms with Crippen LogP contribution >= 0.6 is 0 Å². The summed E-state index contributed by atoms with van der Waals surface area (Å²) in [5.74, 6) is -0.693. The first-order chi connectivity index (χ1) is 8.69. The van der Waals surface area contributed by atoms with Gasteiger partial charge in [-0.15, -0.1) is 0 Å². The van der Waals surface area contributed by atoms with Crippen molar-refractivity contribution in [3.05, 3.63) is 53.9 Å². The number of fused-ring (bicyclic) bond motifs is 3. The fourth-order valence-electron chi connectivity index (χ4n) is 2.46. The molecule has 1 heterocycles. The van der Waals surface area contributed by atoms with E-state index in [1.54, 1.807) is 24.4 Å². The number of aliphatic hydroxyl groups is 1. The van der Waals surface area contributed by atoms with Gasteiger partial charge in [0.15, 0.2) is 0 Å². The summed E-state index contributed by atoms with van der Waals surface area (Å²) in [6.45, 7) is 0. The van der Waals surface area contributed by atoms with E-state index in [2.05, 4.69) is 4.98 Å². The van der Waals surface area contributed by atoms with Gasteiger partial charge in [0.05, 0.1) is 7.11 Å². The molecule has 1 unspecified atom stereocenters. The molecule has 1 aromatic heterocycles. The Hall–Kier alpha value is -2.20. The molecule has 0 saturated carbocycles. The second-order valence-corrected chi connectivity index (χ2v) is 4.17. The second kappa shape index (κ2) is 3.65. The third kappa shape index (κ3) is 1.18. The number of aromatic nitrogens is 1. The number of carbonyl (C=O) groups is 1. The molecule has 1 atom stereocenters. The molecule has 4 nitrogen and oxygen atoms in total. The lowest BCUT2D eigenvalue weighted by atomic mass is 9.92. The standard InChI is InChI=1S/C14H11NO3/c1-18-13(16)14(17)11-5-3-2-4-9(11)10-6-7-15-8-12(10)14/h2-8,17H,1H3. The SMILES string of the molecule is COC(=O)C1(O)c2ccccc2-c2ccncc21. The summed E-state index contributed by atoms with van der Waals surface area (Å²) < 4.78 is 4.73. The smallest absolute Gasteiger partial charge is 0.347 e. The minimum Gasteiger partial charge on any atom is -0.466 e. The molecule has 4 heteroatoms. The number of benzene rings is 1. The fraction of sp³-hybridized carbons (Fsp3) is 0.143. The highest BCUT2D eigenvalue weighted by Gasteiger charge is 2.49. The molecule has 0 radical (unpaired) electrons. The van der Waals surface area contributed by atoms with Crippen molar-refractivity contribution < 1.29 is 14.6 Å². The molecular weight excluding hydrogens is 230 g/mol. The van der Waals surface area contributed by atoms with E-state index in [0.29, 0.717) is 11.1 Å². The van der Waals surface area contributed by atoms with Crippen molar-refractivity contribution in [1.29, 1.82) is 0 Å². The van der Waals surface area contributed by atoms with Crippen LogP contribution in [0.2, 0.25) is 0 Å². The molecule has 2 aromatic rings. The Balaban J connectivity index is 2.37. The normalized spacial score (nSPS) is 20.1. The number of ether oxygens (including phenoxy) is 1. The van der Waals surface area contributed by atoms with E-state index < -0.39 is 11.6 Å². The van der Waals surface area contributed by atoms with Crippen LogP contribution in [0.15, 0.2) is 42.7 Å². The average molecular weight is 241 g/mol. The molecule has 3 rings (SSSR count). The van der Waals surface area contributed by atoms with Gasteiger partial charge >= 0.3 is 5.97 Å². The number of hydrogen-bond donors (Lipinski definition) is 1. The Labute approximate surface area is 104 Å². The number of nitrogens with zero attached hydrogens (tertiary/aromatic N) is 1. The lowest BCUT2D eigenvalue weighted by molar-refractivity contribution is -0.158. The van der Waals surface area contributed by atoms with E-state index in [1.165, 1.54) is 13.3 Å². The number of methoxy groups -OCH3 is 1. The van der Waals surface area contributed by atoms with Crippen LogP contribution in [0.4, 0.5) is 0 Å². The molecule has 0 bridgehead atoms. The van der Waals surface area contributed by atoms with Crippen LogP contribution in [0.25, 0.3) is 11.1 Å². The molecule has 0 amide bonds. The molecule has 1 aliphatic carbocycles. The van der Waals surface area contributed by atoms with Crippen molar-refractivity contribution in [2.24, 2.45) is 0 Å². The summed E-state index contributed by atoms with van der Waals surface area (Å²) in [7, 11) is 1.26. The van der Waals surface area contributed by atoms with Crippen LogP contribution in [-0.2, 0) is 15.1 Å². The predicted molar refractivity (Wildman–Crippen MR) is 64.7 cm³/mol. The average Bonchev–Trinajstić information content (AvgIpc) is 2.70. The fourth-order valence-corrected chi connectivity index (χ4v) is 2.46. The van der Waals surface area contributed by atoms with Gasteiger partial charge < -0.3 is 9.84 Å². The lowest BCUT2D eigenvalue weighted by Gasteiger charge is -2.21. The molecule has 0 spiro atoms. The Morgan fingerprint density at radius 3 is 2.72 bits per heavy atom. The van der Waals surface area contributed by atoms with Gasteiger partial charge in [-0.25, -0.2) is 4.79 Å². The highest BCUT2D eigenvalue weighted by atomic mass is 16.5. The first kappa shape index (κ1) is 10.9. The molecule has 18 heavy (non-hydrogen) atoms. The van der Waals surface area contributed by atoms with Gasteiger partial charge in [0.2, 0.25) is 5.60 Å². The van der Waals surface area contributed by atoms with Crippen molar-refractivity contribution in [2.45, 2.75) is 5.60 Å². The zero-order chi connectivity index (χ0) is 12.8. The van der Waals surface area contributed by atoms with E-state index in [1.807, 2.05) is 12.1 Å². The van der Waals surface area contributed by atoms with E-state index in [9.17, 15) is 9.90 Å². The Bertz CT molecular complexity index is 591. The maximum Gasteiger partial charge on any atom is 0.347 e. The number of hydrogen-bond acceptors (Lipinski definition) is 4. The number of carbonyl (C=O) groups excluding carboxylic acids is 1. The Morgan fingerprint density at radius 1 is 1.22 bits per heavy atom. The Kier molecular flexibility index (Phi) is 2.21. The van der Waals surface area contributed by atoms with Crippen LogP contribution in [0, 0.1) is 0 Å². The zero-order valence-corrected chi connectivity index (χ0v) is 9.75. The number of esters is 1. The lowest BCUT2D eigenvalue weighted by Crippen LogP contribution is -2.36. The quantitative estimate of drug-likeness (QED) is 0.768. The van der Waals surface area contributed by atoms with E-state index in [-0.39, 0.29) is 0 Å². The molecule has 0 fully saturated rings. The van der Waals surface area contributed by atoms with Crippen molar-refractivity contribution in [3.8, 4) is 11.1 Å². The largest absolute Gasteiger partial charge is 0.466 e. The maximum absolute atomic E-state index is 12.0. The van der Waals surface area contributed by atoms with Crippen molar-refractivity contribution >= 4 is 5.97 Å². The molecule has 0 aliphatic heterocycles. The van der Waals surface area contributed by atoms with Gasteiger partial charge in [-0.1, -0.05) is 24.3 Å². The molecule has 0 saturated heterocycles. The maximum atomic E-state index is 12.0. The molecule has 1 aliphatic rings. The van der Waals surface area contributed by atoms with Gasteiger partial charge in [-0.2, -0.15) is 0 Å². The van der Waals surface area contributed by atoms with Gasteiger partial charge in [0.25, 0.3) is 0 Å². The zero-order valence-electron chi connectivity index (χ0n) is 9.75. The highest BCUT2D eigenvalue weighted by Crippen LogP contribution is 2.47. The summed E-state index contributed by atoms with van der Waals surface area (Å²) in [5, 5.41) is 10.7. The number of pyridine rings is 1. The van der Waals surface area contributed by atoms with Gasteiger partial charge in [-0.3, -0.25) is 4.98 Å². The van der Waals surface area contributed by atoms with Crippen LogP contribution in [0.1, 0.15) is 11.1 Å². The molecule has 90 valence electrons. The van der Waals surface area contributed by atoms with Gasteiger partial charge in [0.1, 0.15) is 0 Å². The summed E-state index contributed by atoms with van der Waals surface area (Å²) in [6, 6.07) is 9.04. The molecule has 1 N–H and O–H groups in total. The van der Waals surface area contributed by atoms with Gasteiger partial charge in [-0.05, 0) is 17.2 Å². The first-order valence-corrected chi connectivity index (χ1v) is 5.54. The summed E-state index contributed by atoms with van der Waals surface area (Å²) in [5.41, 5.74) is 0.906. The monoisotopic (exact) mass is 241 g/mol. The van der Waals surface area contributed by atoms with Crippen molar-refractivity contribution in [1.82, 2.24) is 4.98 Å². The third-order valence-corrected chi connectivity index (χ3v) is 3.30. The van der Waals surface area contributed by atoms with E-state index >= 15 is 0 Å². The summed E-state index contributed by atoms with van der Waals surface area (Å²) in [6.07, 6.45) is 3.14. The predicted octanol–water partition coefficient (Wildman–Crippen LogP) is 1.47. The van der Waals surface area contributed by atoms with Crippen LogP contribution in [0.5, 0.6) is 0 Å². The minimum absolute atomic E-state index is 0.470. The summed E-state index contributed by atoms with van der Waals surface area (Å²) >= 11 is 0. The van der Waals surface area contributed by atoms with E-state index in [0.717, 1.165) is 11.1 Å². The van der Waals surface area contributed by atoms with Crippen molar-refractivity contribution in [2.75, 3.05) is 7.11 Å². The first-order valence-electron chi connectivity index (χ1n) is 5.54. The van der Waals surface area contributed by atoms with Crippen LogP contribution < -0.4 is 0 Å². The minimum atomic E-state index is -1.76. The number of rotatable bonds is 1. The Morgan fingerprint density at radius 2 is 1.94 bits per heavy atom. The van der Waals surface area contributed by atoms with E-state index in [4.69, 9.17) is 4.74 Å². The molecular formula is C14H11NO3. The van der Waals surface area contributed by atoms with Crippen LogP contribution in [0.3, 0.4) is 0 Å². The van der Waals surface area contributed by atoms with Crippen LogP contribution in [-0.4, -0.2) is 23.2 Å². The van der Waals surface area contributed by atoms with Gasteiger partial charge in [0, 0.05) is 23.5 Å². The topological polar surface area (TPSA) is 59.4 Å². The third-order valence-electron chi connectivity index (χ3n) is 3.30.